The van der Waals surface area contributed by atoms with Gasteiger partial charge in [0.15, 0.2) is 11.6 Å². The summed E-state index contributed by atoms with van der Waals surface area (Å²) >= 11 is 0. The van der Waals surface area contributed by atoms with E-state index in [-0.39, 0.29) is 5.91 Å². The first-order valence-electron chi connectivity index (χ1n) is 8.14. The van der Waals surface area contributed by atoms with Gasteiger partial charge < -0.3 is 10.1 Å². The van der Waals surface area contributed by atoms with Crippen molar-refractivity contribution in [2.45, 2.75) is 20.5 Å². The summed E-state index contributed by atoms with van der Waals surface area (Å²) in [4.78, 5) is 16.6. The molecule has 0 saturated carbocycles. The molecule has 0 radical (unpaired) electrons. The van der Waals surface area contributed by atoms with Crippen LogP contribution in [0, 0.1) is 13.8 Å². The molecule has 1 heterocycles. The lowest BCUT2D eigenvalue weighted by molar-refractivity contribution is 0.102. The van der Waals surface area contributed by atoms with E-state index >= 15 is 0 Å². The van der Waals surface area contributed by atoms with Crippen molar-refractivity contribution in [1.82, 2.24) is 4.98 Å². The Balaban J connectivity index is 1.73. The number of carbonyl (C=O) groups is 1. The van der Waals surface area contributed by atoms with Crippen molar-refractivity contribution in [1.29, 1.82) is 0 Å². The highest BCUT2D eigenvalue weighted by molar-refractivity contribution is 6.04. The number of pyridine rings is 1. The molecule has 3 aromatic rings. The largest absolute Gasteiger partial charge is 0.485 e. The maximum Gasteiger partial charge on any atom is 0.256 e. The topological polar surface area (TPSA) is 51.2 Å². The van der Waals surface area contributed by atoms with Gasteiger partial charge in [0.2, 0.25) is 0 Å². The van der Waals surface area contributed by atoms with Gasteiger partial charge in [-0.05, 0) is 49.2 Å². The molecular formula is C21H20N2O2. The molecule has 2 aromatic carbocycles. The number of benzene rings is 2. The number of aryl methyl sites for hydroxylation is 2. The van der Waals surface area contributed by atoms with Gasteiger partial charge in [-0.2, -0.15) is 0 Å². The Hall–Kier alpha value is -3.14. The minimum atomic E-state index is -0.209. The maximum absolute atomic E-state index is 12.4. The molecule has 4 heteroatoms. The standard InChI is InChI=1S/C21H20N2O2/c1-15-9-11-17(12-10-15)21(24)23-20-19(8-5-13-22-20)25-14-18-7-4-3-6-16(18)2/h3-13H,14H2,1-2H3,(H,22,23,24). The van der Waals surface area contributed by atoms with Gasteiger partial charge in [0, 0.05) is 11.8 Å². The lowest BCUT2D eigenvalue weighted by atomic mass is 10.1. The molecule has 0 bridgehead atoms. The van der Waals surface area contributed by atoms with Gasteiger partial charge in [-0.25, -0.2) is 4.98 Å². The zero-order chi connectivity index (χ0) is 17.6. The summed E-state index contributed by atoms with van der Waals surface area (Å²) in [5, 5.41) is 2.82. The van der Waals surface area contributed by atoms with E-state index in [0.29, 0.717) is 23.7 Å². The molecule has 1 N–H and O–H groups in total. The van der Waals surface area contributed by atoms with Gasteiger partial charge in [0.1, 0.15) is 6.61 Å². The molecule has 3 rings (SSSR count). The predicted octanol–water partition coefficient (Wildman–Crippen LogP) is 4.53. The normalized spacial score (nSPS) is 10.3. The van der Waals surface area contributed by atoms with Crippen molar-refractivity contribution in [2.75, 3.05) is 5.32 Å². The fourth-order valence-corrected chi connectivity index (χ4v) is 2.41. The zero-order valence-corrected chi connectivity index (χ0v) is 14.3. The lowest BCUT2D eigenvalue weighted by Crippen LogP contribution is -2.14. The van der Waals surface area contributed by atoms with Gasteiger partial charge in [-0.3, -0.25) is 4.79 Å². The van der Waals surface area contributed by atoms with Crippen LogP contribution in [0.3, 0.4) is 0 Å². The number of nitrogens with one attached hydrogen (secondary N) is 1. The summed E-state index contributed by atoms with van der Waals surface area (Å²) in [7, 11) is 0. The van der Waals surface area contributed by atoms with Crippen LogP contribution in [0.1, 0.15) is 27.0 Å². The molecule has 1 amide bonds. The number of hydrogen-bond donors (Lipinski definition) is 1. The third kappa shape index (κ3) is 4.23. The average Bonchev–Trinajstić information content (AvgIpc) is 2.62. The molecule has 0 fully saturated rings. The molecule has 0 unspecified atom stereocenters. The fourth-order valence-electron chi connectivity index (χ4n) is 2.41. The SMILES string of the molecule is Cc1ccc(C(=O)Nc2ncccc2OCc2ccccc2C)cc1. The molecule has 4 nitrogen and oxygen atoms in total. The van der Waals surface area contributed by atoms with Crippen LogP contribution in [0.4, 0.5) is 5.82 Å². The second kappa shape index (κ2) is 7.62. The summed E-state index contributed by atoms with van der Waals surface area (Å²) < 4.78 is 5.88. The van der Waals surface area contributed by atoms with Crippen LogP contribution < -0.4 is 10.1 Å². The van der Waals surface area contributed by atoms with E-state index in [2.05, 4.69) is 10.3 Å². The van der Waals surface area contributed by atoms with Crippen molar-refractivity contribution in [3.8, 4) is 5.75 Å². The third-order valence-corrected chi connectivity index (χ3v) is 3.96. The first kappa shape index (κ1) is 16.7. The Morgan fingerprint density at radius 1 is 1.00 bits per heavy atom. The van der Waals surface area contributed by atoms with E-state index in [1.165, 1.54) is 0 Å². The van der Waals surface area contributed by atoms with Crippen LogP contribution in [-0.4, -0.2) is 10.9 Å². The summed E-state index contributed by atoms with van der Waals surface area (Å²) in [6.45, 7) is 4.45. The average molecular weight is 332 g/mol. The molecule has 0 saturated heterocycles. The van der Waals surface area contributed by atoms with Crippen molar-refractivity contribution in [2.24, 2.45) is 0 Å². The van der Waals surface area contributed by atoms with Crippen LogP contribution in [0.25, 0.3) is 0 Å². The van der Waals surface area contributed by atoms with Gasteiger partial charge in [-0.1, -0.05) is 42.0 Å². The Morgan fingerprint density at radius 3 is 2.52 bits per heavy atom. The van der Waals surface area contributed by atoms with Crippen LogP contribution in [-0.2, 0) is 6.61 Å². The van der Waals surface area contributed by atoms with E-state index in [0.717, 1.165) is 16.7 Å². The van der Waals surface area contributed by atoms with E-state index in [9.17, 15) is 4.79 Å². The Kier molecular flexibility index (Phi) is 5.09. The molecule has 25 heavy (non-hydrogen) atoms. The van der Waals surface area contributed by atoms with E-state index in [4.69, 9.17) is 4.74 Å². The van der Waals surface area contributed by atoms with Gasteiger partial charge >= 0.3 is 0 Å². The number of aromatic nitrogens is 1. The summed E-state index contributed by atoms with van der Waals surface area (Å²) in [6.07, 6.45) is 1.63. The molecule has 0 aliphatic heterocycles. The number of hydrogen-bond acceptors (Lipinski definition) is 3. The van der Waals surface area contributed by atoms with Crippen molar-refractivity contribution < 1.29 is 9.53 Å². The second-order valence-electron chi connectivity index (χ2n) is 5.89. The van der Waals surface area contributed by atoms with Gasteiger partial charge in [0.05, 0.1) is 0 Å². The molecule has 0 aliphatic carbocycles. The number of nitrogens with zero attached hydrogens (tertiary/aromatic N) is 1. The monoisotopic (exact) mass is 332 g/mol. The highest BCUT2D eigenvalue weighted by atomic mass is 16.5. The van der Waals surface area contributed by atoms with Crippen molar-refractivity contribution in [3.63, 3.8) is 0 Å². The Labute approximate surface area is 147 Å². The summed E-state index contributed by atoms with van der Waals surface area (Å²) in [5.74, 6) is 0.757. The maximum atomic E-state index is 12.4. The number of carbonyl (C=O) groups excluding carboxylic acids is 1. The van der Waals surface area contributed by atoms with E-state index in [1.54, 1.807) is 30.5 Å². The summed E-state index contributed by atoms with van der Waals surface area (Å²) in [6, 6.07) is 19.0. The van der Waals surface area contributed by atoms with Crippen LogP contribution in [0.5, 0.6) is 5.75 Å². The molecule has 0 spiro atoms. The second-order valence-corrected chi connectivity index (χ2v) is 5.89. The van der Waals surface area contributed by atoms with Crippen LogP contribution in [0.15, 0.2) is 66.9 Å². The Morgan fingerprint density at radius 2 is 1.76 bits per heavy atom. The number of rotatable bonds is 5. The highest BCUT2D eigenvalue weighted by Gasteiger charge is 2.11. The van der Waals surface area contributed by atoms with E-state index < -0.39 is 0 Å². The predicted molar refractivity (Wildman–Crippen MR) is 98.9 cm³/mol. The quantitative estimate of drug-likeness (QED) is 0.747. The molecule has 0 aliphatic rings. The van der Waals surface area contributed by atoms with Crippen molar-refractivity contribution >= 4 is 11.7 Å². The summed E-state index contributed by atoms with van der Waals surface area (Å²) in [5.41, 5.74) is 3.96. The number of anilines is 1. The number of ether oxygens (including phenoxy) is 1. The van der Waals surface area contributed by atoms with E-state index in [1.807, 2.05) is 50.2 Å². The van der Waals surface area contributed by atoms with Crippen molar-refractivity contribution in [3.05, 3.63) is 89.1 Å². The smallest absolute Gasteiger partial charge is 0.256 e. The minimum absolute atomic E-state index is 0.209. The first-order chi connectivity index (χ1) is 12.1. The molecule has 1 aromatic heterocycles. The first-order valence-corrected chi connectivity index (χ1v) is 8.14. The molecule has 0 atom stereocenters. The van der Waals surface area contributed by atoms with Crippen LogP contribution >= 0.6 is 0 Å². The van der Waals surface area contributed by atoms with Gasteiger partial charge in [-0.15, -0.1) is 0 Å². The zero-order valence-electron chi connectivity index (χ0n) is 14.3. The van der Waals surface area contributed by atoms with Gasteiger partial charge in [0.25, 0.3) is 5.91 Å². The fraction of sp³-hybridized carbons (Fsp3) is 0.143. The minimum Gasteiger partial charge on any atom is -0.485 e. The van der Waals surface area contributed by atoms with Crippen LogP contribution in [0.2, 0.25) is 0 Å². The Bertz CT molecular complexity index is 873. The molecule has 126 valence electrons. The number of amides is 1. The molecular weight excluding hydrogens is 312 g/mol. The third-order valence-electron chi connectivity index (χ3n) is 3.96. The highest BCUT2D eigenvalue weighted by Crippen LogP contribution is 2.23. The lowest BCUT2D eigenvalue weighted by Gasteiger charge is -2.12.